The molecule has 1 aliphatic heterocycles. The standard InChI is InChI=1S/C26H26FN7O/c1-16-12-19(27)18(13-22(16)33-14-21(28-15-33)17-9-10-17)26(35)30-23-7-5-6-20(29-23)25-32-31-24-8-3-2-4-11-34(24)25/h5-7,12-15,17H,2-4,8-11H2,1H3,(H,29,30,35). The molecule has 0 atom stereocenters. The van der Waals surface area contributed by atoms with Crippen LogP contribution in [0.5, 0.6) is 0 Å². The van der Waals surface area contributed by atoms with Crippen molar-refractivity contribution in [1.29, 1.82) is 0 Å². The van der Waals surface area contributed by atoms with Gasteiger partial charge in [0.15, 0.2) is 5.82 Å². The minimum Gasteiger partial charge on any atom is -0.310 e. The molecule has 0 saturated heterocycles. The summed E-state index contributed by atoms with van der Waals surface area (Å²) < 4.78 is 18.8. The van der Waals surface area contributed by atoms with Crippen molar-refractivity contribution in [2.24, 2.45) is 0 Å². The number of aromatic nitrogens is 6. The van der Waals surface area contributed by atoms with Gasteiger partial charge in [-0.15, -0.1) is 10.2 Å². The van der Waals surface area contributed by atoms with Crippen LogP contribution in [0.1, 0.15) is 65.5 Å². The molecule has 1 aliphatic carbocycles. The van der Waals surface area contributed by atoms with E-state index in [0.717, 1.165) is 67.8 Å². The summed E-state index contributed by atoms with van der Waals surface area (Å²) in [6.45, 7) is 2.67. The monoisotopic (exact) mass is 471 g/mol. The van der Waals surface area contributed by atoms with E-state index < -0.39 is 11.7 Å². The Morgan fingerprint density at radius 1 is 1.14 bits per heavy atom. The minimum atomic E-state index is -0.579. The molecule has 8 nitrogen and oxygen atoms in total. The molecule has 4 heterocycles. The van der Waals surface area contributed by atoms with Crippen LogP contribution in [0.2, 0.25) is 0 Å². The quantitative estimate of drug-likeness (QED) is 0.450. The third-order valence-electron chi connectivity index (χ3n) is 6.74. The number of hydrogen-bond acceptors (Lipinski definition) is 5. The molecule has 1 N–H and O–H groups in total. The maximum Gasteiger partial charge on any atom is 0.259 e. The molecule has 3 aromatic heterocycles. The Kier molecular flexibility index (Phi) is 5.39. The minimum absolute atomic E-state index is 0.0455. The van der Waals surface area contributed by atoms with E-state index in [9.17, 15) is 9.18 Å². The fraction of sp³-hybridized carbons (Fsp3) is 0.346. The highest BCUT2D eigenvalue weighted by molar-refractivity contribution is 6.04. The fourth-order valence-electron chi connectivity index (χ4n) is 4.66. The Labute approximate surface area is 202 Å². The van der Waals surface area contributed by atoms with E-state index in [1.165, 1.54) is 6.07 Å². The molecule has 35 heavy (non-hydrogen) atoms. The van der Waals surface area contributed by atoms with Gasteiger partial charge in [-0.3, -0.25) is 4.79 Å². The van der Waals surface area contributed by atoms with E-state index in [4.69, 9.17) is 0 Å². The van der Waals surface area contributed by atoms with Crippen LogP contribution in [-0.4, -0.2) is 35.2 Å². The summed E-state index contributed by atoms with van der Waals surface area (Å²) in [5, 5.41) is 11.4. The van der Waals surface area contributed by atoms with Crippen molar-refractivity contribution in [1.82, 2.24) is 29.3 Å². The molecule has 1 saturated carbocycles. The van der Waals surface area contributed by atoms with Gasteiger partial charge in [-0.05, 0) is 62.4 Å². The van der Waals surface area contributed by atoms with Crippen LogP contribution in [0.25, 0.3) is 17.2 Å². The van der Waals surface area contributed by atoms with Gasteiger partial charge in [-0.25, -0.2) is 14.4 Å². The molecule has 0 unspecified atom stereocenters. The van der Waals surface area contributed by atoms with Gasteiger partial charge >= 0.3 is 0 Å². The summed E-state index contributed by atoms with van der Waals surface area (Å²) in [5.41, 5.74) is 3.07. The Morgan fingerprint density at radius 2 is 2.03 bits per heavy atom. The molecule has 1 fully saturated rings. The van der Waals surface area contributed by atoms with E-state index in [1.807, 2.05) is 23.8 Å². The number of amides is 1. The number of benzene rings is 1. The first kappa shape index (κ1) is 21.6. The number of pyridine rings is 1. The molecule has 1 aromatic carbocycles. The van der Waals surface area contributed by atoms with E-state index in [1.54, 1.807) is 24.5 Å². The van der Waals surface area contributed by atoms with Gasteiger partial charge in [-0.2, -0.15) is 0 Å². The first-order chi connectivity index (χ1) is 17.1. The Morgan fingerprint density at radius 3 is 2.89 bits per heavy atom. The van der Waals surface area contributed by atoms with E-state index >= 15 is 0 Å². The van der Waals surface area contributed by atoms with Crippen molar-refractivity contribution < 1.29 is 9.18 Å². The number of rotatable bonds is 5. The molecule has 2 aliphatic rings. The number of fused-ring (bicyclic) bond motifs is 1. The third-order valence-corrected chi connectivity index (χ3v) is 6.74. The first-order valence-corrected chi connectivity index (χ1v) is 12.1. The van der Waals surface area contributed by atoms with Crippen LogP contribution in [0.4, 0.5) is 10.2 Å². The predicted octanol–water partition coefficient (Wildman–Crippen LogP) is 4.83. The van der Waals surface area contributed by atoms with Crippen molar-refractivity contribution in [3.8, 4) is 17.2 Å². The lowest BCUT2D eigenvalue weighted by Crippen LogP contribution is -2.16. The SMILES string of the molecule is Cc1cc(F)c(C(=O)Nc2cccc(-c3nnc4n3CCCCC4)n2)cc1-n1cnc(C2CC2)c1. The average Bonchev–Trinajstić information content (AvgIpc) is 3.52. The molecule has 0 spiro atoms. The summed E-state index contributed by atoms with van der Waals surface area (Å²) in [7, 11) is 0. The number of carbonyl (C=O) groups excluding carboxylic acids is 1. The highest BCUT2D eigenvalue weighted by atomic mass is 19.1. The number of carbonyl (C=O) groups is 1. The normalized spacial score (nSPS) is 15.5. The second-order valence-corrected chi connectivity index (χ2v) is 9.36. The second kappa shape index (κ2) is 8.72. The van der Waals surface area contributed by atoms with E-state index in [2.05, 4.69) is 30.0 Å². The van der Waals surface area contributed by atoms with Crippen LogP contribution in [0.3, 0.4) is 0 Å². The van der Waals surface area contributed by atoms with Crippen LogP contribution in [0.15, 0.2) is 42.9 Å². The van der Waals surface area contributed by atoms with Gasteiger partial charge in [0.1, 0.15) is 23.2 Å². The number of aryl methyl sites for hydroxylation is 2. The number of imidazole rings is 1. The molecular weight excluding hydrogens is 445 g/mol. The van der Waals surface area contributed by atoms with Crippen molar-refractivity contribution in [2.75, 3.05) is 5.32 Å². The van der Waals surface area contributed by atoms with E-state index in [0.29, 0.717) is 23.3 Å². The molecule has 4 aromatic rings. The summed E-state index contributed by atoms with van der Waals surface area (Å²) in [6.07, 6.45) is 10.2. The zero-order valence-electron chi connectivity index (χ0n) is 19.5. The van der Waals surface area contributed by atoms with Crippen molar-refractivity contribution in [3.63, 3.8) is 0 Å². The zero-order valence-corrected chi connectivity index (χ0v) is 19.5. The summed E-state index contributed by atoms with van der Waals surface area (Å²) in [5.74, 6) is 1.36. The van der Waals surface area contributed by atoms with Gasteiger partial charge < -0.3 is 14.5 Å². The lowest BCUT2D eigenvalue weighted by molar-refractivity contribution is 0.102. The molecule has 1 amide bonds. The van der Waals surface area contributed by atoms with Crippen molar-refractivity contribution >= 4 is 11.7 Å². The largest absolute Gasteiger partial charge is 0.310 e. The number of halogens is 1. The number of anilines is 1. The van der Waals surface area contributed by atoms with Crippen LogP contribution in [-0.2, 0) is 13.0 Å². The van der Waals surface area contributed by atoms with Gasteiger partial charge in [0.2, 0.25) is 0 Å². The predicted molar refractivity (Wildman–Crippen MR) is 129 cm³/mol. The smallest absolute Gasteiger partial charge is 0.259 e. The summed E-state index contributed by atoms with van der Waals surface area (Å²) >= 11 is 0. The topological polar surface area (TPSA) is 90.5 Å². The molecule has 9 heteroatoms. The fourth-order valence-corrected chi connectivity index (χ4v) is 4.66. The van der Waals surface area contributed by atoms with Crippen LogP contribution >= 0.6 is 0 Å². The molecule has 6 rings (SSSR count). The molecule has 178 valence electrons. The maximum atomic E-state index is 14.8. The Hall–Kier alpha value is -3.88. The Balaban J connectivity index is 1.27. The maximum absolute atomic E-state index is 14.8. The average molecular weight is 472 g/mol. The molecular formula is C26H26FN7O. The first-order valence-electron chi connectivity index (χ1n) is 12.1. The van der Waals surface area contributed by atoms with Crippen LogP contribution < -0.4 is 5.32 Å². The summed E-state index contributed by atoms with van der Waals surface area (Å²) in [6, 6.07) is 8.29. The highest BCUT2D eigenvalue weighted by Gasteiger charge is 2.26. The summed E-state index contributed by atoms with van der Waals surface area (Å²) in [4.78, 5) is 22.1. The van der Waals surface area contributed by atoms with Crippen molar-refractivity contribution in [2.45, 2.75) is 57.9 Å². The highest BCUT2D eigenvalue weighted by Crippen LogP contribution is 2.39. The van der Waals surface area contributed by atoms with Gasteiger partial charge in [-0.1, -0.05) is 12.5 Å². The Bertz CT molecular complexity index is 1420. The molecule has 0 radical (unpaired) electrons. The number of nitrogens with one attached hydrogen (secondary N) is 1. The second-order valence-electron chi connectivity index (χ2n) is 9.36. The van der Waals surface area contributed by atoms with Crippen LogP contribution in [0, 0.1) is 12.7 Å². The van der Waals surface area contributed by atoms with E-state index in [-0.39, 0.29) is 5.56 Å². The molecule has 0 bridgehead atoms. The third kappa shape index (κ3) is 4.22. The number of hydrogen-bond donors (Lipinski definition) is 1. The lowest BCUT2D eigenvalue weighted by Gasteiger charge is -2.12. The lowest BCUT2D eigenvalue weighted by atomic mass is 10.1. The number of nitrogens with zero attached hydrogens (tertiary/aromatic N) is 6. The zero-order chi connectivity index (χ0) is 23.9. The van der Waals surface area contributed by atoms with Crippen molar-refractivity contribution in [3.05, 3.63) is 71.3 Å². The van der Waals surface area contributed by atoms with Gasteiger partial charge in [0.05, 0.1) is 23.3 Å². The van der Waals surface area contributed by atoms with Gasteiger partial charge in [0.25, 0.3) is 5.91 Å². The van der Waals surface area contributed by atoms with Gasteiger partial charge in [0, 0.05) is 25.1 Å².